The molecule has 200 valence electrons. The Labute approximate surface area is 221 Å². The molecular weight excluding hydrogens is 486 g/mol. The molecule has 2 heterocycles. The number of aromatic nitrogens is 3. The van der Waals surface area contributed by atoms with Crippen molar-refractivity contribution in [1.82, 2.24) is 25.2 Å². The average molecular weight is 520 g/mol. The number of hydrogen-bond acceptors (Lipinski definition) is 7. The van der Waals surface area contributed by atoms with Crippen LogP contribution in [0.4, 0.5) is 0 Å². The number of carbonyl (C=O) groups is 2. The van der Waals surface area contributed by atoms with Crippen LogP contribution in [0.3, 0.4) is 0 Å². The Morgan fingerprint density at radius 2 is 1.89 bits per heavy atom. The summed E-state index contributed by atoms with van der Waals surface area (Å²) < 4.78 is 18.1. The first kappa shape index (κ1) is 26.7. The minimum atomic E-state index is -1.00. The van der Waals surface area contributed by atoms with E-state index in [-0.39, 0.29) is 24.9 Å². The second-order valence-corrected chi connectivity index (χ2v) is 9.32. The Morgan fingerprint density at radius 1 is 1.08 bits per heavy atom. The van der Waals surface area contributed by atoms with Gasteiger partial charge in [-0.1, -0.05) is 31.2 Å². The molecule has 2 aromatic heterocycles. The number of hydrogen-bond donors (Lipinski definition) is 1. The van der Waals surface area contributed by atoms with Gasteiger partial charge in [-0.2, -0.15) is 0 Å². The Hall–Kier alpha value is -4.34. The molecule has 0 spiro atoms. The molecule has 4 aromatic rings. The number of nitrogens with one attached hydrogen (secondary N) is 1. The quantitative estimate of drug-likeness (QED) is 0.301. The average Bonchev–Trinajstić information content (AvgIpc) is 3.58. The Kier molecular flexibility index (Phi) is 8.62. The van der Waals surface area contributed by atoms with Gasteiger partial charge in [-0.3, -0.25) is 9.59 Å². The molecule has 0 aliphatic heterocycles. The van der Waals surface area contributed by atoms with Crippen molar-refractivity contribution in [2.75, 3.05) is 20.8 Å². The molecule has 4 rings (SSSR count). The molecule has 0 unspecified atom stereocenters. The fourth-order valence-electron chi connectivity index (χ4n) is 4.22. The van der Waals surface area contributed by atoms with E-state index in [1.807, 2.05) is 24.3 Å². The number of fused-ring (bicyclic) bond motifs is 1. The number of rotatable bonds is 12. The fraction of sp³-hybridized carbons (Fsp3) is 0.357. The topological polar surface area (TPSA) is 112 Å². The highest BCUT2D eigenvalue weighted by Crippen LogP contribution is 2.34. The summed E-state index contributed by atoms with van der Waals surface area (Å²) in [5.41, 5.74) is 1.93. The Morgan fingerprint density at radius 3 is 2.61 bits per heavy atom. The van der Waals surface area contributed by atoms with Gasteiger partial charge < -0.3 is 24.1 Å². The minimum absolute atomic E-state index is 0.0654. The van der Waals surface area contributed by atoms with Crippen LogP contribution < -0.4 is 14.8 Å². The van der Waals surface area contributed by atoms with Crippen molar-refractivity contribution in [2.24, 2.45) is 5.92 Å². The standard InChI is InChI=1S/C28H33N5O5/c1-19(2)13-14-29-28(35)27(22-12-11-20(36-3)16-25(22)37-4)32(17-21-8-7-15-38-21)26(34)18-33-24-10-6-5-9-23(24)30-31-33/h5-12,15-16,19,27H,13-14,17-18H2,1-4H3,(H,29,35)/t27-/m0/s1. The Balaban J connectivity index is 1.75. The van der Waals surface area contributed by atoms with Crippen molar-refractivity contribution in [3.63, 3.8) is 0 Å². The molecule has 2 aromatic carbocycles. The highest BCUT2D eigenvalue weighted by molar-refractivity contribution is 5.90. The van der Waals surface area contributed by atoms with E-state index in [2.05, 4.69) is 29.5 Å². The maximum absolute atomic E-state index is 14.0. The van der Waals surface area contributed by atoms with E-state index in [1.165, 1.54) is 23.0 Å². The summed E-state index contributed by atoms with van der Waals surface area (Å²) >= 11 is 0. The maximum Gasteiger partial charge on any atom is 0.247 e. The first-order valence-electron chi connectivity index (χ1n) is 12.5. The van der Waals surface area contributed by atoms with Crippen LogP contribution in [0, 0.1) is 5.92 Å². The van der Waals surface area contributed by atoms with E-state index in [4.69, 9.17) is 13.9 Å². The minimum Gasteiger partial charge on any atom is -0.497 e. The van der Waals surface area contributed by atoms with Crippen LogP contribution in [0.1, 0.15) is 37.6 Å². The molecule has 0 aliphatic rings. The number of para-hydroxylation sites is 1. The van der Waals surface area contributed by atoms with Gasteiger partial charge >= 0.3 is 0 Å². The summed E-state index contributed by atoms with van der Waals surface area (Å²) in [5.74, 6) is 1.29. The van der Waals surface area contributed by atoms with Gasteiger partial charge in [0.15, 0.2) is 0 Å². The maximum atomic E-state index is 14.0. The molecule has 10 nitrogen and oxygen atoms in total. The molecule has 1 N–H and O–H groups in total. The summed E-state index contributed by atoms with van der Waals surface area (Å²) in [7, 11) is 3.08. The summed E-state index contributed by atoms with van der Waals surface area (Å²) in [6.45, 7) is 4.60. The number of benzene rings is 2. The number of carbonyl (C=O) groups excluding carboxylic acids is 2. The highest BCUT2D eigenvalue weighted by atomic mass is 16.5. The smallest absolute Gasteiger partial charge is 0.247 e. The van der Waals surface area contributed by atoms with E-state index in [0.717, 1.165) is 11.9 Å². The lowest BCUT2D eigenvalue weighted by Gasteiger charge is -2.32. The zero-order valence-electron chi connectivity index (χ0n) is 22.1. The van der Waals surface area contributed by atoms with Crippen molar-refractivity contribution in [3.8, 4) is 11.5 Å². The molecule has 0 bridgehead atoms. The van der Waals surface area contributed by atoms with Gasteiger partial charge in [-0.25, -0.2) is 4.68 Å². The van der Waals surface area contributed by atoms with Crippen LogP contribution in [0.25, 0.3) is 11.0 Å². The van der Waals surface area contributed by atoms with Crippen molar-refractivity contribution in [2.45, 2.75) is 39.4 Å². The number of methoxy groups -OCH3 is 2. The van der Waals surface area contributed by atoms with Crippen molar-refractivity contribution < 1.29 is 23.5 Å². The van der Waals surface area contributed by atoms with Crippen LogP contribution in [-0.2, 0) is 22.7 Å². The zero-order chi connectivity index (χ0) is 27.1. The normalized spacial score (nSPS) is 11.9. The van der Waals surface area contributed by atoms with Gasteiger partial charge in [0.2, 0.25) is 11.8 Å². The molecule has 38 heavy (non-hydrogen) atoms. The summed E-state index contributed by atoms with van der Waals surface area (Å²) in [5, 5.41) is 11.3. The van der Waals surface area contributed by atoms with Gasteiger partial charge in [0, 0.05) is 18.2 Å². The third kappa shape index (κ3) is 6.13. The van der Waals surface area contributed by atoms with E-state index in [0.29, 0.717) is 40.8 Å². The van der Waals surface area contributed by atoms with Crippen LogP contribution in [-0.4, -0.2) is 52.5 Å². The zero-order valence-corrected chi connectivity index (χ0v) is 22.1. The molecule has 2 amide bonds. The second kappa shape index (κ2) is 12.3. The SMILES string of the molecule is COc1ccc([C@@H](C(=O)NCCC(C)C)N(Cc2ccco2)C(=O)Cn2nnc3ccccc32)c(OC)c1. The van der Waals surface area contributed by atoms with Crippen molar-refractivity contribution >= 4 is 22.8 Å². The monoisotopic (exact) mass is 519 g/mol. The summed E-state index contributed by atoms with van der Waals surface area (Å²) in [6.07, 6.45) is 2.34. The molecule has 0 fully saturated rings. The number of furan rings is 1. The molecule has 10 heteroatoms. The predicted octanol–water partition coefficient (Wildman–Crippen LogP) is 3.97. The number of amides is 2. The van der Waals surface area contributed by atoms with E-state index in [1.54, 1.807) is 37.4 Å². The van der Waals surface area contributed by atoms with Crippen LogP contribution in [0.15, 0.2) is 65.3 Å². The molecule has 0 radical (unpaired) electrons. The molecule has 0 aliphatic carbocycles. The first-order valence-corrected chi connectivity index (χ1v) is 12.5. The third-order valence-corrected chi connectivity index (χ3v) is 6.25. The lowest BCUT2D eigenvalue weighted by Crippen LogP contribution is -2.45. The van der Waals surface area contributed by atoms with Gasteiger partial charge in [-0.15, -0.1) is 5.10 Å². The lowest BCUT2D eigenvalue weighted by molar-refractivity contribution is -0.142. The van der Waals surface area contributed by atoms with Crippen molar-refractivity contribution in [1.29, 1.82) is 0 Å². The first-order chi connectivity index (χ1) is 18.4. The van der Waals surface area contributed by atoms with Gasteiger partial charge in [0.1, 0.15) is 35.4 Å². The Bertz CT molecular complexity index is 1370. The second-order valence-electron chi connectivity index (χ2n) is 9.32. The molecule has 0 saturated heterocycles. The molecule has 0 saturated carbocycles. The van der Waals surface area contributed by atoms with E-state index >= 15 is 0 Å². The predicted molar refractivity (Wildman–Crippen MR) is 142 cm³/mol. The molecular formula is C28H33N5O5. The number of ether oxygens (including phenoxy) is 2. The fourth-order valence-corrected chi connectivity index (χ4v) is 4.22. The largest absolute Gasteiger partial charge is 0.497 e. The summed E-state index contributed by atoms with van der Waals surface area (Å²) in [6, 6.07) is 15.1. The molecule has 1 atom stereocenters. The van der Waals surface area contributed by atoms with Gasteiger partial charge in [0.25, 0.3) is 0 Å². The van der Waals surface area contributed by atoms with Crippen LogP contribution in [0.5, 0.6) is 11.5 Å². The van der Waals surface area contributed by atoms with Gasteiger partial charge in [0.05, 0.1) is 32.5 Å². The van der Waals surface area contributed by atoms with Crippen LogP contribution in [0.2, 0.25) is 0 Å². The number of nitrogens with zero attached hydrogens (tertiary/aromatic N) is 4. The van der Waals surface area contributed by atoms with E-state index in [9.17, 15) is 9.59 Å². The van der Waals surface area contributed by atoms with E-state index < -0.39 is 6.04 Å². The van der Waals surface area contributed by atoms with Crippen molar-refractivity contribution in [3.05, 3.63) is 72.2 Å². The van der Waals surface area contributed by atoms with Crippen LogP contribution >= 0.6 is 0 Å². The third-order valence-electron chi connectivity index (χ3n) is 6.25. The summed E-state index contributed by atoms with van der Waals surface area (Å²) in [4.78, 5) is 29.2. The lowest BCUT2D eigenvalue weighted by atomic mass is 10.0. The van der Waals surface area contributed by atoms with Gasteiger partial charge in [-0.05, 0) is 48.7 Å². The highest BCUT2D eigenvalue weighted by Gasteiger charge is 2.34.